The predicted octanol–water partition coefficient (Wildman–Crippen LogP) is 1.44. The molecule has 1 aromatic heterocycles. The molecule has 1 atom stereocenters. The van der Waals surface area contributed by atoms with Crippen LogP contribution in [0.1, 0.15) is 40.3 Å². The first-order valence-electron chi connectivity index (χ1n) is 6.81. The molecule has 1 saturated heterocycles. The number of hydrogen-bond acceptors (Lipinski definition) is 4. The van der Waals surface area contributed by atoms with Crippen LogP contribution in [0.3, 0.4) is 0 Å². The van der Waals surface area contributed by atoms with E-state index in [0.29, 0.717) is 12.1 Å². The highest BCUT2D eigenvalue weighted by Gasteiger charge is 2.53. The van der Waals surface area contributed by atoms with E-state index in [1.807, 2.05) is 27.7 Å². The van der Waals surface area contributed by atoms with Gasteiger partial charge in [0.1, 0.15) is 11.4 Å². The van der Waals surface area contributed by atoms with Gasteiger partial charge in [-0.3, -0.25) is 4.98 Å². The fourth-order valence-corrected chi connectivity index (χ4v) is 2.04. The summed E-state index contributed by atoms with van der Waals surface area (Å²) in [6.07, 6.45) is -0.161. The third-order valence-electron chi connectivity index (χ3n) is 3.91. The highest BCUT2D eigenvalue weighted by molar-refractivity contribution is 6.61. The summed E-state index contributed by atoms with van der Waals surface area (Å²) in [5.41, 5.74) is -0.314. The molecule has 0 radical (unpaired) electrons. The molecule has 2 heterocycles. The Morgan fingerprint density at radius 1 is 1.25 bits per heavy atom. The topological polar surface area (TPSA) is 51.6 Å². The second-order valence-corrected chi connectivity index (χ2v) is 6.31. The fourth-order valence-electron chi connectivity index (χ4n) is 2.04. The predicted molar refractivity (Wildman–Crippen MR) is 75.3 cm³/mol. The smallest absolute Gasteiger partial charge is 0.398 e. The number of aliphatic hydroxyl groups is 1. The Balaban J connectivity index is 2.30. The molecule has 0 spiro atoms. The molecule has 20 heavy (non-hydrogen) atoms. The van der Waals surface area contributed by atoms with E-state index in [-0.39, 0.29) is 5.59 Å². The van der Waals surface area contributed by atoms with E-state index in [2.05, 4.69) is 4.98 Å². The van der Waals surface area contributed by atoms with Crippen molar-refractivity contribution in [3.63, 3.8) is 0 Å². The first kappa shape index (κ1) is 15.4. The van der Waals surface area contributed by atoms with Gasteiger partial charge < -0.3 is 14.4 Å². The second kappa shape index (κ2) is 5.09. The third kappa shape index (κ3) is 2.87. The normalized spacial score (nSPS) is 22.1. The van der Waals surface area contributed by atoms with Crippen molar-refractivity contribution in [3.05, 3.63) is 23.6 Å². The van der Waals surface area contributed by atoms with Crippen molar-refractivity contribution in [2.24, 2.45) is 0 Å². The van der Waals surface area contributed by atoms with E-state index in [4.69, 9.17) is 9.31 Å². The quantitative estimate of drug-likeness (QED) is 0.852. The van der Waals surface area contributed by atoms with Crippen LogP contribution in [-0.2, 0) is 15.7 Å². The number of rotatable bonds is 3. The lowest BCUT2D eigenvalue weighted by atomic mass is 9.83. The van der Waals surface area contributed by atoms with Gasteiger partial charge in [0.25, 0.3) is 0 Å². The molecule has 6 heteroatoms. The molecule has 0 aromatic carbocycles. The minimum atomic E-state index is -0.825. The molecule has 2 rings (SSSR count). The number of halogens is 1. The molecule has 0 saturated carbocycles. The molecule has 1 aromatic rings. The molecule has 0 amide bonds. The Morgan fingerprint density at radius 3 is 2.30 bits per heavy atom. The van der Waals surface area contributed by atoms with E-state index in [1.165, 1.54) is 6.07 Å². The summed E-state index contributed by atoms with van der Waals surface area (Å²) < 4.78 is 25.6. The summed E-state index contributed by atoms with van der Waals surface area (Å²) in [5.74, 6) is -0.460. The molecular weight excluding hydrogens is 260 g/mol. The maximum absolute atomic E-state index is 14.0. The largest absolute Gasteiger partial charge is 0.517 e. The van der Waals surface area contributed by atoms with Gasteiger partial charge in [0.15, 0.2) is 0 Å². The van der Waals surface area contributed by atoms with Crippen molar-refractivity contribution in [1.29, 1.82) is 0 Å². The highest BCUT2D eigenvalue weighted by atomic mass is 19.1. The molecule has 1 aliphatic heterocycles. The van der Waals surface area contributed by atoms with Crippen LogP contribution in [0.25, 0.3) is 0 Å². The maximum atomic E-state index is 14.0. The zero-order valence-corrected chi connectivity index (χ0v) is 12.6. The molecule has 1 N–H and O–H groups in total. The first-order chi connectivity index (χ1) is 9.12. The van der Waals surface area contributed by atoms with E-state index in [0.717, 1.165) is 0 Å². The average molecular weight is 281 g/mol. The number of pyridine rings is 1. The van der Waals surface area contributed by atoms with Crippen molar-refractivity contribution in [3.8, 4) is 0 Å². The monoisotopic (exact) mass is 281 g/mol. The van der Waals surface area contributed by atoms with E-state index in [1.54, 1.807) is 13.0 Å². The molecule has 1 aliphatic rings. The Bertz CT molecular complexity index is 489. The minimum absolute atomic E-state index is 0.141. The lowest BCUT2D eigenvalue weighted by Gasteiger charge is -2.32. The summed E-state index contributed by atoms with van der Waals surface area (Å²) in [7, 11) is -0.825. The second-order valence-electron chi connectivity index (χ2n) is 6.31. The van der Waals surface area contributed by atoms with Gasteiger partial charge in [0.2, 0.25) is 0 Å². The van der Waals surface area contributed by atoms with E-state index >= 15 is 0 Å². The number of aliphatic hydroxyl groups excluding tert-OH is 1. The van der Waals surface area contributed by atoms with Crippen molar-refractivity contribution in [1.82, 2.24) is 4.98 Å². The standard InChI is InChI=1S/C14H21BFNO3/c1-9(18)8-10-6-7-11(16)12(17-10)15-19-13(2,3)14(4,5)20-15/h6-7,9,18H,8H2,1-5H3. The van der Waals surface area contributed by atoms with Gasteiger partial charge in [-0.2, -0.15) is 0 Å². The lowest BCUT2D eigenvalue weighted by Crippen LogP contribution is -2.41. The SMILES string of the molecule is CC(O)Cc1ccc(F)c(B2OC(C)(C)C(C)(C)O2)n1. The zero-order chi connectivity index (χ0) is 15.1. The number of hydrogen-bond donors (Lipinski definition) is 1. The molecular formula is C14H21BFNO3. The van der Waals surface area contributed by atoms with Crippen molar-refractivity contribution in [2.45, 2.75) is 58.3 Å². The van der Waals surface area contributed by atoms with Crippen LogP contribution in [0.2, 0.25) is 0 Å². The molecule has 1 unspecified atom stereocenters. The number of nitrogens with zero attached hydrogens (tertiary/aromatic N) is 1. The van der Waals surface area contributed by atoms with Crippen molar-refractivity contribution < 1.29 is 18.8 Å². The highest BCUT2D eigenvalue weighted by Crippen LogP contribution is 2.36. The van der Waals surface area contributed by atoms with Crippen LogP contribution in [-0.4, -0.2) is 34.5 Å². The van der Waals surface area contributed by atoms with E-state index in [9.17, 15) is 9.50 Å². The fraction of sp³-hybridized carbons (Fsp3) is 0.643. The first-order valence-corrected chi connectivity index (χ1v) is 6.81. The van der Waals surface area contributed by atoms with Crippen LogP contribution < -0.4 is 5.59 Å². The Kier molecular flexibility index (Phi) is 3.93. The summed E-state index contributed by atoms with van der Waals surface area (Å²) in [6.45, 7) is 9.30. The third-order valence-corrected chi connectivity index (χ3v) is 3.91. The van der Waals surface area contributed by atoms with E-state index < -0.39 is 30.2 Å². The van der Waals surface area contributed by atoms with Crippen LogP contribution in [0, 0.1) is 5.82 Å². The van der Waals surface area contributed by atoms with Crippen molar-refractivity contribution in [2.75, 3.05) is 0 Å². The molecule has 0 bridgehead atoms. The van der Waals surface area contributed by atoms with Crippen molar-refractivity contribution >= 4 is 12.7 Å². The summed E-state index contributed by atoms with van der Waals surface area (Å²) in [6, 6.07) is 2.90. The zero-order valence-electron chi connectivity index (χ0n) is 12.6. The maximum Gasteiger partial charge on any atom is 0.517 e. The summed E-state index contributed by atoms with van der Waals surface area (Å²) in [5, 5.41) is 9.40. The molecule has 4 nitrogen and oxygen atoms in total. The Hall–Kier alpha value is -0.975. The van der Waals surface area contributed by atoms with Gasteiger partial charge >= 0.3 is 7.12 Å². The Morgan fingerprint density at radius 2 is 1.80 bits per heavy atom. The van der Waals surface area contributed by atoms with Crippen LogP contribution in [0.15, 0.2) is 12.1 Å². The molecule has 0 aliphatic carbocycles. The molecule has 110 valence electrons. The average Bonchev–Trinajstić information content (AvgIpc) is 2.50. The van der Waals surface area contributed by atoms with Gasteiger partial charge in [-0.1, -0.05) is 0 Å². The van der Waals surface area contributed by atoms with Gasteiger partial charge in [-0.25, -0.2) is 4.39 Å². The van der Waals surface area contributed by atoms with Gasteiger partial charge in [0.05, 0.1) is 17.3 Å². The number of aromatic nitrogens is 1. The summed E-state index contributed by atoms with van der Waals surface area (Å²) >= 11 is 0. The lowest BCUT2D eigenvalue weighted by molar-refractivity contribution is 0.00578. The molecule has 1 fully saturated rings. The van der Waals surface area contributed by atoms with Crippen LogP contribution in [0.4, 0.5) is 4.39 Å². The van der Waals surface area contributed by atoms with Crippen LogP contribution >= 0.6 is 0 Å². The minimum Gasteiger partial charge on any atom is -0.398 e. The van der Waals surface area contributed by atoms with Crippen LogP contribution in [0.5, 0.6) is 0 Å². The Labute approximate surface area is 119 Å². The van der Waals surface area contributed by atoms with Gasteiger partial charge in [-0.05, 0) is 46.8 Å². The van der Waals surface area contributed by atoms with Gasteiger partial charge in [-0.15, -0.1) is 0 Å². The van der Waals surface area contributed by atoms with Gasteiger partial charge in [0, 0.05) is 12.1 Å². The summed E-state index contributed by atoms with van der Waals surface area (Å²) in [4.78, 5) is 4.24.